The van der Waals surface area contributed by atoms with E-state index in [2.05, 4.69) is 25.6 Å². The summed E-state index contributed by atoms with van der Waals surface area (Å²) in [4.78, 5) is 21.5. The number of rotatable bonds is 4. The third kappa shape index (κ3) is 4.65. The van der Waals surface area contributed by atoms with Crippen molar-refractivity contribution in [3.63, 3.8) is 0 Å². The number of aromatic nitrogens is 1. The second-order valence-electron chi connectivity index (χ2n) is 10.2. The zero-order valence-electron chi connectivity index (χ0n) is 21.0. The van der Waals surface area contributed by atoms with Crippen molar-refractivity contribution in [1.82, 2.24) is 14.8 Å². The number of carbonyl (C=O) groups excluding carboxylic acids is 1. The molecule has 0 spiro atoms. The van der Waals surface area contributed by atoms with E-state index in [0.717, 1.165) is 53.7 Å². The number of para-hydroxylation sites is 1. The lowest BCUT2D eigenvalue weighted by Gasteiger charge is -2.52. The molecule has 0 saturated carbocycles. The number of nitrogens with zero attached hydrogens (tertiary/aromatic N) is 2. The molecule has 38 heavy (non-hydrogen) atoms. The van der Waals surface area contributed by atoms with Gasteiger partial charge in [-0.05, 0) is 42.2 Å². The predicted octanol–water partition coefficient (Wildman–Crippen LogP) is 4.74. The molecule has 4 atom stereocenters. The molecule has 0 amide bonds. The zero-order valence-corrected chi connectivity index (χ0v) is 21.0. The number of hydrogen-bond donors (Lipinski definition) is 1. The maximum absolute atomic E-state index is 13.2. The standard InChI is InChI=1S/C28H30F3N3O4/c1-36-27(35)25-16-21-20-4-2-3-5-22(20)32-26(21)24-15-18(33-10-12-37-13-11-33)14-23(34(24)25)17-6-8-19(9-7-17)38-28(29,30)31/h2-9,18,23-25,32H,10-16H2,1H3/t18-,23+,24-,25+/m1/s1. The topological polar surface area (TPSA) is 67.0 Å². The van der Waals surface area contributed by atoms with Crippen molar-refractivity contribution in [2.75, 3.05) is 33.4 Å². The summed E-state index contributed by atoms with van der Waals surface area (Å²) in [7, 11) is 1.40. The molecule has 0 unspecified atom stereocenters. The van der Waals surface area contributed by atoms with Crippen LogP contribution in [-0.4, -0.2) is 72.6 Å². The lowest BCUT2D eigenvalue weighted by atomic mass is 9.79. The molecule has 0 aliphatic carbocycles. The van der Waals surface area contributed by atoms with Crippen LogP contribution in [0, 0.1) is 0 Å². The summed E-state index contributed by atoms with van der Waals surface area (Å²) in [6.45, 7) is 2.98. The minimum absolute atomic E-state index is 0.0899. The first-order valence-electron chi connectivity index (χ1n) is 12.9. The van der Waals surface area contributed by atoms with Crippen molar-refractivity contribution in [1.29, 1.82) is 0 Å². The molecule has 2 saturated heterocycles. The third-order valence-electron chi connectivity index (χ3n) is 8.18. The number of hydrogen-bond acceptors (Lipinski definition) is 6. The molecule has 3 aromatic rings. The van der Waals surface area contributed by atoms with E-state index in [0.29, 0.717) is 19.6 Å². The Labute approximate surface area is 218 Å². The number of methoxy groups -OCH3 is 1. The van der Waals surface area contributed by atoms with E-state index < -0.39 is 12.4 Å². The van der Waals surface area contributed by atoms with Crippen LogP contribution in [0.25, 0.3) is 10.9 Å². The van der Waals surface area contributed by atoms with E-state index in [1.807, 2.05) is 18.2 Å². The van der Waals surface area contributed by atoms with Crippen LogP contribution in [0.3, 0.4) is 0 Å². The SMILES string of the molecule is COC(=O)[C@@H]1Cc2c([nH]c3ccccc23)[C@H]2C[C@H](N3CCOCC3)C[C@@H](c3ccc(OC(F)(F)F)cc3)N21. The molecule has 3 aliphatic rings. The van der Waals surface area contributed by atoms with Gasteiger partial charge in [0.15, 0.2) is 0 Å². The minimum atomic E-state index is -4.76. The molecule has 3 aliphatic heterocycles. The van der Waals surface area contributed by atoms with Gasteiger partial charge in [-0.3, -0.25) is 14.6 Å². The number of morpholine rings is 1. The summed E-state index contributed by atoms with van der Waals surface area (Å²) in [5.41, 5.74) is 4.11. The summed E-state index contributed by atoms with van der Waals surface area (Å²) in [5, 5.41) is 1.11. The quantitative estimate of drug-likeness (QED) is 0.493. The summed E-state index contributed by atoms with van der Waals surface area (Å²) in [6, 6.07) is 13.6. The first-order chi connectivity index (χ1) is 18.3. The second-order valence-corrected chi connectivity index (χ2v) is 10.2. The number of aromatic amines is 1. The molecule has 1 aromatic heterocycles. The number of alkyl halides is 3. The van der Waals surface area contributed by atoms with Crippen molar-refractivity contribution >= 4 is 16.9 Å². The molecule has 10 heteroatoms. The van der Waals surface area contributed by atoms with Gasteiger partial charge in [-0.2, -0.15) is 0 Å². The number of fused-ring (bicyclic) bond motifs is 5. The van der Waals surface area contributed by atoms with Gasteiger partial charge in [0.2, 0.25) is 0 Å². The van der Waals surface area contributed by atoms with Gasteiger partial charge in [0, 0.05) is 48.2 Å². The van der Waals surface area contributed by atoms with Crippen LogP contribution in [-0.2, 0) is 20.7 Å². The van der Waals surface area contributed by atoms with Gasteiger partial charge in [0.25, 0.3) is 0 Å². The van der Waals surface area contributed by atoms with Crippen molar-refractivity contribution in [3.05, 3.63) is 65.4 Å². The highest BCUT2D eigenvalue weighted by atomic mass is 19.4. The van der Waals surface area contributed by atoms with E-state index >= 15 is 0 Å². The molecule has 202 valence electrons. The van der Waals surface area contributed by atoms with E-state index in [1.54, 1.807) is 12.1 Å². The molecule has 6 rings (SSSR count). The van der Waals surface area contributed by atoms with Crippen LogP contribution in [0.15, 0.2) is 48.5 Å². The summed E-state index contributed by atoms with van der Waals surface area (Å²) in [6.07, 6.45) is -2.71. The van der Waals surface area contributed by atoms with E-state index in [1.165, 1.54) is 19.2 Å². The fourth-order valence-electron chi connectivity index (χ4n) is 6.58. The normalized spacial score (nSPS) is 26.5. The first kappa shape index (κ1) is 25.2. The maximum atomic E-state index is 13.2. The van der Waals surface area contributed by atoms with Crippen LogP contribution in [0.2, 0.25) is 0 Å². The molecule has 2 aromatic carbocycles. The monoisotopic (exact) mass is 529 g/mol. The minimum Gasteiger partial charge on any atom is -0.468 e. The van der Waals surface area contributed by atoms with Gasteiger partial charge in [0.05, 0.1) is 26.4 Å². The van der Waals surface area contributed by atoms with Gasteiger partial charge in [-0.15, -0.1) is 13.2 Å². The summed E-state index contributed by atoms with van der Waals surface area (Å²) in [5.74, 6) is -0.572. The Morgan fingerprint density at radius 1 is 1.03 bits per heavy atom. The summed E-state index contributed by atoms with van der Waals surface area (Å²) >= 11 is 0. The largest absolute Gasteiger partial charge is 0.573 e. The number of halogens is 3. The third-order valence-corrected chi connectivity index (χ3v) is 8.18. The van der Waals surface area contributed by atoms with Gasteiger partial charge in [0.1, 0.15) is 11.8 Å². The van der Waals surface area contributed by atoms with E-state index in [-0.39, 0.29) is 29.8 Å². The van der Waals surface area contributed by atoms with E-state index in [9.17, 15) is 18.0 Å². The highest BCUT2D eigenvalue weighted by molar-refractivity contribution is 5.87. The van der Waals surface area contributed by atoms with Crippen molar-refractivity contribution in [2.24, 2.45) is 0 Å². The predicted molar refractivity (Wildman–Crippen MR) is 134 cm³/mol. The van der Waals surface area contributed by atoms with Crippen LogP contribution in [0.5, 0.6) is 5.75 Å². The number of benzene rings is 2. The highest BCUT2D eigenvalue weighted by Crippen LogP contribution is 2.50. The smallest absolute Gasteiger partial charge is 0.468 e. The van der Waals surface area contributed by atoms with Crippen molar-refractivity contribution < 1.29 is 32.2 Å². The second kappa shape index (κ2) is 9.91. The fourth-order valence-corrected chi connectivity index (χ4v) is 6.58. The molecule has 0 bridgehead atoms. The van der Waals surface area contributed by atoms with E-state index in [4.69, 9.17) is 9.47 Å². The Kier molecular flexibility index (Phi) is 6.57. The number of nitrogens with one attached hydrogen (secondary N) is 1. The highest BCUT2D eigenvalue weighted by Gasteiger charge is 2.49. The number of H-pyrrole nitrogens is 1. The average molecular weight is 530 g/mol. The zero-order chi connectivity index (χ0) is 26.4. The molecule has 1 N–H and O–H groups in total. The number of esters is 1. The number of carbonyl (C=O) groups is 1. The molecule has 0 radical (unpaired) electrons. The van der Waals surface area contributed by atoms with Crippen LogP contribution < -0.4 is 4.74 Å². The molecule has 7 nitrogen and oxygen atoms in total. The van der Waals surface area contributed by atoms with Crippen LogP contribution in [0.4, 0.5) is 13.2 Å². The molecular formula is C28H30F3N3O4. The Bertz CT molecular complexity index is 1300. The number of ether oxygens (including phenoxy) is 3. The Hall–Kier alpha value is -3.08. The van der Waals surface area contributed by atoms with Crippen LogP contribution in [0.1, 0.15) is 41.7 Å². The van der Waals surface area contributed by atoms with Crippen molar-refractivity contribution in [2.45, 2.75) is 49.8 Å². The van der Waals surface area contributed by atoms with Gasteiger partial charge < -0.3 is 19.2 Å². The molecule has 2 fully saturated rings. The average Bonchev–Trinajstić information content (AvgIpc) is 3.30. The van der Waals surface area contributed by atoms with Gasteiger partial charge in [-0.1, -0.05) is 30.3 Å². The Morgan fingerprint density at radius 3 is 2.45 bits per heavy atom. The molecule has 4 heterocycles. The van der Waals surface area contributed by atoms with Crippen LogP contribution >= 0.6 is 0 Å². The van der Waals surface area contributed by atoms with Gasteiger partial charge in [-0.25, -0.2) is 0 Å². The Morgan fingerprint density at radius 2 is 1.74 bits per heavy atom. The molecular weight excluding hydrogens is 499 g/mol. The first-order valence-corrected chi connectivity index (χ1v) is 12.9. The summed E-state index contributed by atoms with van der Waals surface area (Å²) < 4.78 is 53.3. The Balaban J connectivity index is 1.44. The van der Waals surface area contributed by atoms with Gasteiger partial charge >= 0.3 is 12.3 Å². The lowest BCUT2D eigenvalue weighted by molar-refractivity contribution is -0.274. The maximum Gasteiger partial charge on any atom is 0.573 e. The number of piperidine rings is 1. The lowest BCUT2D eigenvalue weighted by Crippen LogP contribution is -2.57. The fraction of sp³-hybridized carbons (Fsp3) is 0.464. The van der Waals surface area contributed by atoms with Crippen molar-refractivity contribution in [3.8, 4) is 5.75 Å².